The van der Waals surface area contributed by atoms with Crippen LogP contribution >= 0.6 is 0 Å². The summed E-state index contributed by atoms with van der Waals surface area (Å²) >= 11 is 0. The number of ether oxygens (including phenoxy) is 1. The van der Waals surface area contributed by atoms with E-state index in [2.05, 4.69) is 5.32 Å². The first kappa shape index (κ1) is 17.9. The van der Waals surface area contributed by atoms with E-state index in [1.54, 1.807) is 29.2 Å². The summed E-state index contributed by atoms with van der Waals surface area (Å²) in [5, 5.41) is 2.87. The predicted molar refractivity (Wildman–Crippen MR) is 101 cm³/mol. The van der Waals surface area contributed by atoms with Gasteiger partial charge in [0, 0.05) is 30.9 Å². The molecule has 6 nitrogen and oxygen atoms in total. The lowest BCUT2D eigenvalue weighted by atomic mass is 10.1. The third-order valence-corrected chi connectivity index (χ3v) is 4.35. The van der Waals surface area contributed by atoms with E-state index in [4.69, 9.17) is 10.5 Å². The number of hydrogen-bond acceptors (Lipinski definition) is 4. The molecule has 0 spiro atoms. The Morgan fingerprint density at radius 3 is 2.54 bits per heavy atom. The van der Waals surface area contributed by atoms with Gasteiger partial charge in [-0.2, -0.15) is 0 Å². The Morgan fingerprint density at radius 2 is 1.88 bits per heavy atom. The first-order valence-electron chi connectivity index (χ1n) is 8.67. The summed E-state index contributed by atoms with van der Waals surface area (Å²) in [6.45, 7) is 3.29. The van der Waals surface area contributed by atoms with Crippen molar-refractivity contribution in [2.75, 3.05) is 29.9 Å². The molecule has 1 atom stereocenters. The van der Waals surface area contributed by atoms with Crippen molar-refractivity contribution in [3.05, 3.63) is 54.1 Å². The summed E-state index contributed by atoms with van der Waals surface area (Å²) in [5.41, 5.74) is 8.04. The Morgan fingerprint density at radius 1 is 1.19 bits per heavy atom. The highest BCUT2D eigenvalue weighted by Crippen LogP contribution is 2.26. The molecule has 1 heterocycles. The lowest BCUT2D eigenvalue weighted by Gasteiger charge is -2.17. The van der Waals surface area contributed by atoms with Gasteiger partial charge in [0.15, 0.2) is 0 Å². The van der Waals surface area contributed by atoms with Gasteiger partial charge >= 0.3 is 0 Å². The fourth-order valence-corrected chi connectivity index (χ4v) is 2.91. The molecule has 1 unspecified atom stereocenters. The standard InChI is InChI=1S/C20H23N3O3/c1-14-2-6-17(7-3-14)23-13-15(12-19(23)24)20(25)22-16-4-8-18(9-5-16)26-11-10-21/h2-9,15H,10-13,21H2,1H3,(H,22,25). The number of anilines is 2. The summed E-state index contributed by atoms with van der Waals surface area (Å²) in [6, 6.07) is 14.9. The minimum Gasteiger partial charge on any atom is -0.492 e. The zero-order valence-corrected chi connectivity index (χ0v) is 14.8. The number of nitrogens with two attached hydrogens (primary N) is 1. The fourth-order valence-electron chi connectivity index (χ4n) is 2.91. The summed E-state index contributed by atoms with van der Waals surface area (Å²) in [7, 11) is 0. The fraction of sp³-hybridized carbons (Fsp3) is 0.300. The second kappa shape index (κ2) is 8.01. The summed E-state index contributed by atoms with van der Waals surface area (Å²) < 4.78 is 5.41. The number of hydrogen-bond donors (Lipinski definition) is 2. The molecule has 2 aromatic carbocycles. The molecule has 26 heavy (non-hydrogen) atoms. The number of nitrogens with zero attached hydrogens (tertiary/aromatic N) is 1. The largest absolute Gasteiger partial charge is 0.492 e. The topological polar surface area (TPSA) is 84.7 Å². The first-order valence-corrected chi connectivity index (χ1v) is 8.67. The van der Waals surface area contributed by atoms with Crippen LogP contribution in [0, 0.1) is 12.8 Å². The lowest BCUT2D eigenvalue weighted by molar-refractivity contribution is -0.122. The van der Waals surface area contributed by atoms with Crippen molar-refractivity contribution in [1.29, 1.82) is 0 Å². The molecular formula is C20H23N3O3. The monoisotopic (exact) mass is 353 g/mol. The molecule has 2 aromatic rings. The summed E-state index contributed by atoms with van der Waals surface area (Å²) in [5.74, 6) is 0.162. The van der Waals surface area contributed by atoms with Gasteiger partial charge in [0.1, 0.15) is 12.4 Å². The number of benzene rings is 2. The molecule has 136 valence electrons. The number of carbonyl (C=O) groups is 2. The molecule has 0 aliphatic carbocycles. The van der Waals surface area contributed by atoms with Gasteiger partial charge in [-0.1, -0.05) is 17.7 Å². The van der Waals surface area contributed by atoms with Gasteiger partial charge in [0.25, 0.3) is 0 Å². The average molecular weight is 353 g/mol. The number of carbonyl (C=O) groups excluding carboxylic acids is 2. The van der Waals surface area contributed by atoms with Gasteiger partial charge in [-0.25, -0.2) is 0 Å². The van der Waals surface area contributed by atoms with Gasteiger partial charge < -0.3 is 20.7 Å². The zero-order valence-electron chi connectivity index (χ0n) is 14.8. The van der Waals surface area contributed by atoms with Gasteiger partial charge in [-0.3, -0.25) is 9.59 Å². The van der Waals surface area contributed by atoms with Crippen LogP contribution < -0.4 is 20.7 Å². The van der Waals surface area contributed by atoms with E-state index in [0.717, 1.165) is 11.3 Å². The second-order valence-electron chi connectivity index (χ2n) is 6.39. The first-order chi connectivity index (χ1) is 12.6. The average Bonchev–Trinajstić information content (AvgIpc) is 3.04. The van der Waals surface area contributed by atoms with Crippen LogP contribution in [-0.2, 0) is 9.59 Å². The number of aryl methyl sites for hydroxylation is 1. The molecule has 6 heteroatoms. The molecule has 0 radical (unpaired) electrons. The maximum Gasteiger partial charge on any atom is 0.229 e. The van der Waals surface area contributed by atoms with Gasteiger partial charge in [-0.05, 0) is 43.3 Å². The SMILES string of the molecule is Cc1ccc(N2CC(C(=O)Nc3ccc(OCCN)cc3)CC2=O)cc1. The molecule has 1 aliphatic heterocycles. The maximum atomic E-state index is 12.5. The number of amides is 2. The molecule has 1 saturated heterocycles. The minimum absolute atomic E-state index is 0.0282. The molecule has 3 N–H and O–H groups in total. The number of rotatable bonds is 6. The van der Waals surface area contributed by atoms with Crippen molar-refractivity contribution in [2.45, 2.75) is 13.3 Å². The zero-order chi connectivity index (χ0) is 18.5. The van der Waals surface area contributed by atoms with E-state index in [0.29, 0.717) is 31.1 Å². The van der Waals surface area contributed by atoms with Crippen LogP contribution in [0.15, 0.2) is 48.5 Å². The van der Waals surface area contributed by atoms with Crippen LogP contribution in [0.2, 0.25) is 0 Å². The smallest absolute Gasteiger partial charge is 0.229 e. The van der Waals surface area contributed by atoms with Crippen molar-refractivity contribution < 1.29 is 14.3 Å². The quantitative estimate of drug-likeness (QED) is 0.835. The summed E-state index contributed by atoms with van der Waals surface area (Å²) in [6.07, 6.45) is 0.220. The van der Waals surface area contributed by atoms with Crippen LogP contribution in [0.5, 0.6) is 5.75 Å². The molecule has 1 fully saturated rings. The lowest BCUT2D eigenvalue weighted by Crippen LogP contribution is -2.28. The van der Waals surface area contributed by atoms with E-state index >= 15 is 0 Å². The van der Waals surface area contributed by atoms with Crippen molar-refractivity contribution in [1.82, 2.24) is 0 Å². The highest BCUT2D eigenvalue weighted by molar-refractivity contribution is 6.03. The highest BCUT2D eigenvalue weighted by atomic mass is 16.5. The van der Waals surface area contributed by atoms with Gasteiger partial charge in [0.2, 0.25) is 11.8 Å². The third kappa shape index (κ3) is 4.21. The van der Waals surface area contributed by atoms with Gasteiger partial charge in [-0.15, -0.1) is 0 Å². The molecular weight excluding hydrogens is 330 g/mol. The van der Waals surface area contributed by atoms with Crippen molar-refractivity contribution in [2.24, 2.45) is 11.7 Å². The van der Waals surface area contributed by atoms with Crippen LogP contribution in [-0.4, -0.2) is 31.5 Å². The van der Waals surface area contributed by atoms with Crippen molar-refractivity contribution in [3.8, 4) is 5.75 Å². The van der Waals surface area contributed by atoms with Crippen LogP contribution in [0.4, 0.5) is 11.4 Å². The molecule has 0 aromatic heterocycles. The Bertz CT molecular complexity index is 772. The Hall–Kier alpha value is -2.86. The second-order valence-corrected chi connectivity index (χ2v) is 6.39. The normalized spacial score (nSPS) is 16.6. The number of nitrogens with one attached hydrogen (secondary N) is 1. The minimum atomic E-state index is -0.364. The highest BCUT2D eigenvalue weighted by Gasteiger charge is 2.35. The third-order valence-electron chi connectivity index (χ3n) is 4.35. The Labute approximate surface area is 152 Å². The van der Waals surface area contributed by atoms with E-state index in [1.807, 2.05) is 31.2 Å². The Kier molecular flexibility index (Phi) is 5.53. The van der Waals surface area contributed by atoms with E-state index in [1.165, 1.54) is 0 Å². The van der Waals surface area contributed by atoms with Gasteiger partial charge in [0.05, 0.1) is 5.92 Å². The van der Waals surface area contributed by atoms with E-state index in [9.17, 15) is 9.59 Å². The summed E-state index contributed by atoms with van der Waals surface area (Å²) in [4.78, 5) is 26.5. The van der Waals surface area contributed by atoms with E-state index in [-0.39, 0.29) is 24.2 Å². The molecule has 3 rings (SSSR count). The van der Waals surface area contributed by atoms with E-state index < -0.39 is 0 Å². The van der Waals surface area contributed by atoms with Crippen molar-refractivity contribution in [3.63, 3.8) is 0 Å². The Balaban J connectivity index is 1.60. The van der Waals surface area contributed by atoms with Crippen LogP contribution in [0.3, 0.4) is 0 Å². The maximum absolute atomic E-state index is 12.5. The molecule has 0 bridgehead atoms. The van der Waals surface area contributed by atoms with Crippen LogP contribution in [0.25, 0.3) is 0 Å². The van der Waals surface area contributed by atoms with Crippen molar-refractivity contribution >= 4 is 23.2 Å². The van der Waals surface area contributed by atoms with Crippen LogP contribution in [0.1, 0.15) is 12.0 Å². The molecule has 1 aliphatic rings. The predicted octanol–water partition coefficient (Wildman–Crippen LogP) is 2.32. The molecule has 0 saturated carbocycles. The molecule has 2 amide bonds.